The average Bonchev–Trinajstić information content (AvgIpc) is 3.98. The minimum atomic E-state index is -0.963. The fraction of sp³-hybridized carbons (Fsp3) is 0.850. The minimum absolute atomic E-state index is 0.0185. The summed E-state index contributed by atoms with van der Waals surface area (Å²) in [5.74, 6) is -1.12. The number of urea groups is 1. The van der Waals surface area contributed by atoms with Crippen LogP contribution < -0.4 is 26.6 Å². The van der Waals surface area contributed by atoms with Gasteiger partial charge in [-0.1, -0.05) is 73.6 Å². The van der Waals surface area contributed by atoms with Gasteiger partial charge in [0, 0.05) is 19.1 Å². The van der Waals surface area contributed by atoms with Gasteiger partial charge in [-0.3, -0.25) is 19.2 Å². The Labute approximate surface area is 316 Å². The number of amides is 6. The third-order valence-electron chi connectivity index (χ3n) is 12.4. The molecule has 13 heteroatoms. The summed E-state index contributed by atoms with van der Waals surface area (Å²) in [6.45, 7) is 12.8. The zero-order chi connectivity index (χ0) is 38.5. The van der Waals surface area contributed by atoms with E-state index in [0.29, 0.717) is 37.8 Å². The Hall–Kier alpha value is -3.38. The molecular weight excluding hydrogens is 676 g/mol. The Kier molecular flexibility index (Phi) is 13.4. The minimum Gasteiger partial charge on any atom is -0.447 e. The first-order valence-electron chi connectivity index (χ1n) is 20.5. The molecule has 1 saturated heterocycles. The van der Waals surface area contributed by atoms with Crippen molar-refractivity contribution in [3.63, 3.8) is 0 Å². The fourth-order valence-electron chi connectivity index (χ4n) is 8.02. The van der Waals surface area contributed by atoms with Crippen molar-refractivity contribution in [3.8, 4) is 0 Å². The van der Waals surface area contributed by atoms with E-state index in [1.807, 2.05) is 41.5 Å². The summed E-state index contributed by atoms with van der Waals surface area (Å²) in [7, 11) is 0. The van der Waals surface area contributed by atoms with E-state index in [0.717, 1.165) is 77.0 Å². The van der Waals surface area contributed by atoms with Crippen LogP contribution in [0.5, 0.6) is 0 Å². The highest BCUT2D eigenvalue weighted by atomic mass is 16.5. The predicted octanol–water partition coefficient (Wildman–Crippen LogP) is 4.57. The summed E-state index contributed by atoms with van der Waals surface area (Å²) in [5.41, 5.74) is -1.02. The second kappa shape index (κ2) is 17.4. The molecule has 5 fully saturated rings. The molecule has 53 heavy (non-hydrogen) atoms. The Balaban J connectivity index is 1.32. The van der Waals surface area contributed by atoms with Crippen LogP contribution in [0.2, 0.25) is 0 Å². The van der Waals surface area contributed by atoms with Gasteiger partial charge < -0.3 is 36.2 Å². The Morgan fingerprint density at radius 2 is 1.51 bits per heavy atom. The standard InChI is InChI=1S/C40H66N6O7/c1-24(2)28-18-21-46(31(28)34(48)43-29(17-14-25-10-11-25)32(47)35(49)42-27-15-16-27)36(50)33(40(6)19-8-7-9-20-40)45-37(51)44-30(39(3,4)5)23-53-38(52)41-22-26-12-13-26/h24-31,33H,7-23H2,1-6H3,(H,41,52)(H,42,49)(H,43,48)(H2,44,45,51)/t28?,29?,30-,31+,33-/m1/s1. The molecular formula is C40H66N6O7. The summed E-state index contributed by atoms with van der Waals surface area (Å²) < 4.78 is 5.51. The zero-order valence-electron chi connectivity index (χ0n) is 33.0. The van der Waals surface area contributed by atoms with Crippen molar-refractivity contribution in [1.29, 1.82) is 0 Å². The van der Waals surface area contributed by atoms with E-state index in [2.05, 4.69) is 26.6 Å². The summed E-state index contributed by atoms with van der Waals surface area (Å²) in [6, 6.07) is -3.79. The van der Waals surface area contributed by atoms with Gasteiger partial charge in [0.15, 0.2) is 0 Å². The van der Waals surface area contributed by atoms with Crippen molar-refractivity contribution in [3.05, 3.63) is 0 Å². The number of ether oxygens (including phenoxy) is 1. The van der Waals surface area contributed by atoms with Gasteiger partial charge in [0.2, 0.25) is 17.6 Å². The number of nitrogens with one attached hydrogen (secondary N) is 5. The molecule has 0 aromatic rings. The first kappa shape index (κ1) is 40.8. The lowest BCUT2D eigenvalue weighted by Gasteiger charge is -2.43. The topological polar surface area (TPSA) is 175 Å². The predicted molar refractivity (Wildman–Crippen MR) is 200 cm³/mol. The smallest absolute Gasteiger partial charge is 0.407 e. The van der Waals surface area contributed by atoms with Crippen LogP contribution in [0.25, 0.3) is 0 Å². The second-order valence-corrected chi connectivity index (χ2v) is 18.5. The number of nitrogens with zero attached hydrogens (tertiary/aromatic N) is 1. The van der Waals surface area contributed by atoms with Crippen molar-refractivity contribution in [2.45, 2.75) is 162 Å². The lowest BCUT2D eigenvalue weighted by atomic mass is 9.70. The third-order valence-corrected chi connectivity index (χ3v) is 12.4. The molecule has 1 heterocycles. The number of hydrogen-bond acceptors (Lipinski definition) is 7. The number of hydrogen-bond donors (Lipinski definition) is 5. The lowest BCUT2D eigenvalue weighted by Crippen LogP contribution is -2.63. The number of alkyl carbamates (subject to hydrolysis) is 1. The van der Waals surface area contributed by atoms with E-state index in [-0.39, 0.29) is 30.4 Å². The van der Waals surface area contributed by atoms with Crippen molar-refractivity contribution in [2.75, 3.05) is 19.7 Å². The van der Waals surface area contributed by atoms with Crippen LogP contribution in [0.15, 0.2) is 0 Å². The second-order valence-electron chi connectivity index (χ2n) is 18.5. The molecule has 13 nitrogen and oxygen atoms in total. The molecule has 298 valence electrons. The average molecular weight is 743 g/mol. The number of carbonyl (C=O) groups excluding carboxylic acids is 6. The Morgan fingerprint density at radius 3 is 2.09 bits per heavy atom. The summed E-state index contributed by atoms with van der Waals surface area (Å²) in [5, 5.41) is 14.6. The molecule has 0 aromatic heterocycles. The van der Waals surface area contributed by atoms with E-state index in [4.69, 9.17) is 4.74 Å². The van der Waals surface area contributed by atoms with Gasteiger partial charge in [0.25, 0.3) is 5.91 Å². The molecule has 0 aromatic carbocycles. The lowest BCUT2D eigenvalue weighted by molar-refractivity contribution is -0.145. The first-order chi connectivity index (χ1) is 25.1. The number of likely N-dealkylation sites (tertiary alicyclic amines) is 1. The van der Waals surface area contributed by atoms with Crippen LogP contribution >= 0.6 is 0 Å². The molecule has 0 spiro atoms. The Morgan fingerprint density at radius 1 is 0.849 bits per heavy atom. The SMILES string of the molecule is CC(C)C1CCN(C(=O)[C@@H](NC(=O)N[C@H](COC(=O)NCC2CC2)C(C)(C)C)C2(C)CCCCC2)[C@@H]1C(=O)NC(CCC1CC1)C(=O)C(=O)NC1CC1. The highest BCUT2D eigenvalue weighted by Gasteiger charge is 2.50. The molecule has 5 atom stereocenters. The van der Waals surface area contributed by atoms with Gasteiger partial charge in [-0.15, -0.1) is 0 Å². The molecule has 5 aliphatic rings. The molecule has 5 rings (SSSR count). The molecule has 4 saturated carbocycles. The Bertz CT molecular complexity index is 1340. The van der Waals surface area contributed by atoms with Crippen molar-refractivity contribution in [1.82, 2.24) is 31.5 Å². The molecule has 1 aliphatic heterocycles. The number of rotatable bonds is 17. The highest BCUT2D eigenvalue weighted by Crippen LogP contribution is 2.41. The van der Waals surface area contributed by atoms with E-state index in [9.17, 15) is 28.8 Å². The van der Waals surface area contributed by atoms with Crippen LogP contribution in [0.4, 0.5) is 9.59 Å². The maximum atomic E-state index is 14.9. The van der Waals surface area contributed by atoms with E-state index < -0.39 is 64.7 Å². The van der Waals surface area contributed by atoms with Gasteiger partial charge in [0.1, 0.15) is 18.7 Å². The zero-order valence-corrected chi connectivity index (χ0v) is 33.0. The van der Waals surface area contributed by atoms with Crippen LogP contribution in [-0.2, 0) is 23.9 Å². The number of ketones is 1. The maximum absolute atomic E-state index is 14.9. The molecule has 4 aliphatic carbocycles. The van der Waals surface area contributed by atoms with E-state index >= 15 is 0 Å². The van der Waals surface area contributed by atoms with Crippen molar-refractivity contribution >= 4 is 35.6 Å². The number of carbonyl (C=O) groups is 6. The van der Waals surface area contributed by atoms with Crippen LogP contribution in [-0.4, -0.2) is 90.4 Å². The van der Waals surface area contributed by atoms with E-state index in [1.165, 1.54) is 0 Å². The molecule has 2 unspecified atom stereocenters. The van der Waals surface area contributed by atoms with Gasteiger partial charge in [-0.25, -0.2) is 9.59 Å². The molecule has 5 N–H and O–H groups in total. The van der Waals surface area contributed by atoms with Gasteiger partial charge in [0.05, 0.1) is 12.1 Å². The quantitative estimate of drug-likeness (QED) is 0.136. The number of Topliss-reactive ketones (excluding diaryl/α,β-unsaturated/α-hetero) is 1. The van der Waals surface area contributed by atoms with Gasteiger partial charge >= 0.3 is 12.1 Å². The largest absolute Gasteiger partial charge is 0.447 e. The molecule has 0 radical (unpaired) electrons. The monoisotopic (exact) mass is 742 g/mol. The highest BCUT2D eigenvalue weighted by molar-refractivity contribution is 6.38. The third kappa shape index (κ3) is 11.6. The van der Waals surface area contributed by atoms with Crippen molar-refractivity contribution < 1.29 is 33.5 Å². The summed E-state index contributed by atoms with van der Waals surface area (Å²) >= 11 is 0. The fourth-order valence-corrected chi connectivity index (χ4v) is 8.02. The van der Waals surface area contributed by atoms with E-state index in [1.54, 1.807) is 4.90 Å². The van der Waals surface area contributed by atoms with Crippen molar-refractivity contribution in [2.24, 2.45) is 34.5 Å². The van der Waals surface area contributed by atoms with Crippen LogP contribution in [0.3, 0.4) is 0 Å². The van der Waals surface area contributed by atoms with Gasteiger partial charge in [-0.2, -0.15) is 0 Å². The normalized spacial score (nSPS) is 24.4. The van der Waals surface area contributed by atoms with Gasteiger partial charge in [-0.05, 0) is 92.3 Å². The molecule has 6 amide bonds. The first-order valence-corrected chi connectivity index (χ1v) is 20.5. The maximum Gasteiger partial charge on any atom is 0.407 e. The van der Waals surface area contributed by atoms with Crippen LogP contribution in [0, 0.1) is 34.5 Å². The molecule has 0 bridgehead atoms. The van der Waals surface area contributed by atoms with Crippen LogP contribution in [0.1, 0.15) is 131 Å². The summed E-state index contributed by atoms with van der Waals surface area (Å²) in [4.78, 5) is 83.4. The summed E-state index contributed by atoms with van der Waals surface area (Å²) in [6.07, 6.45) is 11.7.